The molecule has 0 fully saturated rings. The van der Waals surface area contributed by atoms with Crippen molar-refractivity contribution in [3.63, 3.8) is 0 Å². The zero-order chi connectivity index (χ0) is 12.1. The first-order valence-corrected chi connectivity index (χ1v) is 5.44. The first-order chi connectivity index (χ1) is 7.54. The molecular formula is C11H14F2N2S. The van der Waals surface area contributed by atoms with Gasteiger partial charge in [0.25, 0.3) is 0 Å². The minimum absolute atomic E-state index is 0.165. The van der Waals surface area contributed by atoms with Crippen LogP contribution < -0.4 is 10.6 Å². The lowest BCUT2D eigenvalue weighted by molar-refractivity contribution is 0.505. The van der Waals surface area contributed by atoms with E-state index in [1.165, 1.54) is 12.1 Å². The lowest BCUT2D eigenvalue weighted by atomic mass is 10.1. The van der Waals surface area contributed by atoms with Crippen LogP contribution in [0.25, 0.3) is 0 Å². The summed E-state index contributed by atoms with van der Waals surface area (Å²) < 4.78 is 25.7. The Kier molecular flexibility index (Phi) is 4.61. The van der Waals surface area contributed by atoms with Crippen LogP contribution in [0.1, 0.15) is 25.5 Å². The second-order valence-electron chi connectivity index (χ2n) is 3.40. The van der Waals surface area contributed by atoms with Gasteiger partial charge in [-0.2, -0.15) is 0 Å². The molecule has 0 heterocycles. The molecule has 0 aliphatic carbocycles. The highest BCUT2D eigenvalue weighted by Gasteiger charge is 2.09. The highest BCUT2D eigenvalue weighted by molar-refractivity contribution is 7.80. The topological polar surface area (TPSA) is 24.1 Å². The van der Waals surface area contributed by atoms with Crippen molar-refractivity contribution in [1.82, 2.24) is 10.6 Å². The summed E-state index contributed by atoms with van der Waals surface area (Å²) >= 11 is 5.00. The van der Waals surface area contributed by atoms with Crippen LogP contribution in [0.15, 0.2) is 18.2 Å². The van der Waals surface area contributed by atoms with Gasteiger partial charge < -0.3 is 10.6 Å². The van der Waals surface area contributed by atoms with Gasteiger partial charge in [0.15, 0.2) is 16.7 Å². The molecule has 0 aliphatic heterocycles. The average Bonchev–Trinajstić information content (AvgIpc) is 2.22. The first kappa shape index (κ1) is 12.8. The second-order valence-corrected chi connectivity index (χ2v) is 3.81. The molecular weight excluding hydrogens is 230 g/mol. The van der Waals surface area contributed by atoms with Gasteiger partial charge in [-0.1, -0.05) is 6.07 Å². The third-order valence-corrected chi connectivity index (χ3v) is 2.39. The average molecular weight is 244 g/mol. The van der Waals surface area contributed by atoms with Crippen LogP contribution in [0.3, 0.4) is 0 Å². The fourth-order valence-electron chi connectivity index (χ4n) is 1.27. The maximum absolute atomic E-state index is 13.0. The molecule has 1 aromatic carbocycles. The van der Waals surface area contributed by atoms with Crippen molar-refractivity contribution in [3.05, 3.63) is 35.4 Å². The van der Waals surface area contributed by atoms with Crippen LogP contribution in [0.5, 0.6) is 0 Å². The zero-order valence-electron chi connectivity index (χ0n) is 9.18. The standard InChI is InChI=1S/C11H14F2N2S/c1-3-14-11(16)15-7(2)8-4-5-9(12)10(13)6-8/h4-7H,3H2,1-2H3,(H2,14,15,16)/t7-/m0/s1. The molecule has 0 saturated heterocycles. The van der Waals surface area contributed by atoms with Gasteiger partial charge in [-0.3, -0.25) is 0 Å². The zero-order valence-corrected chi connectivity index (χ0v) is 10.00. The Hall–Kier alpha value is -1.23. The van der Waals surface area contributed by atoms with Gasteiger partial charge in [0.2, 0.25) is 0 Å². The Morgan fingerprint density at radius 2 is 2.06 bits per heavy atom. The van der Waals surface area contributed by atoms with E-state index in [1.807, 2.05) is 13.8 Å². The number of rotatable bonds is 3. The van der Waals surface area contributed by atoms with E-state index in [1.54, 1.807) is 0 Å². The van der Waals surface area contributed by atoms with Crippen molar-refractivity contribution >= 4 is 17.3 Å². The van der Waals surface area contributed by atoms with Gasteiger partial charge in [0.05, 0.1) is 6.04 Å². The van der Waals surface area contributed by atoms with Crippen molar-refractivity contribution in [2.24, 2.45) is 0 Å². The van der Waals surface area contributed by atoms with E-state index in [0.29, 0.717) is 10.7 Å². The minimum atomic E-state index is -0.847. The molecule has 1 rings (SSSR count). The number of nitrogens with one attached hydrogen (secondary N) is 2. The lowest BCUT2D eigenvalue weighted by Crippen LogP contribution is -2.36. The van der Waals surface area contributed by atoms with Crippen LogP contribution in [-0.2, 0) is 0 Å². The molecule has 0 amide bonds. The third kappa shape index (κ3) is 3.41. The predicted octanol–water partition coefficient (Wildman–Crippen LogP) is 2.51. The van der Waals surface area contributed by atoms with Crippen molar-refractivity contribution in [2.45, 2.75) is 19.9 Å². The van der Waals surface area contributed by atoms with Gasteiger partial charge in [0.1, 0.15) is 0 Å². The predicted molar refractivity (Wildman–Crippen MR) is 64.2 cm³/mol. The molecule has 2 N–H and O–H groups in total. The van der Waals surface area contributed by atoms with Gasteiger partial charge in [0, 0.05) is 6.54 Å². The number of halogens is 2. The highest BCUT2D eigenvalue weighted by atomic mass is 32.1. The van der Waals surface area contributed by atoms with E-state index < -0.39 is 11.6 Å². The lowest BCUT2D eigenvalue weighted by Gasteiger charge is -2.16. The first-order valence-electron chi connectivity index (χ1n) is 5.04. The summed E-state index contributed by atoms with van der Waals surface area (Å²) in [4.78, 5) is 0. The number of hydrogen-bond acceptors (Lipinski definition) is 1. The van der Waals surface area contributed by atoms with E-state index in [4.69, 9.17) is 12.2 Å². The van der Waals surface area contributed by atoms with Gasteiger partial charge >= 0.3 is 0 Å². The van der Waals surface area contributed by atoms with Crippen LogP contribution in [0.4, 0.5) is 8.78 Å². The molecule has 0 radical (unpaired) electrons. The molecule has 0 bridgehead atoms. The Bertz CT molecular complexity index is 382. The summed E-state index contributed by atoms with van der Waals surface area (Å²) in [6.07, 6.45) is 0. The molecule has 0 aromatic heterocycles. The van der Waals surface area contributed by atoms with Crippen LogP contribution in [0.2, 0.25) is 0 Å². The molecule has 1 atom stereocenters. The number of hydrogen-bond donors (Lipinski definition) is 2. The molecule has 2 nitrogen and oxygen atoms in total. The summed E-state index contributed by atoms with van der Waals surface area (Å²) in [5, 5.41) is 6.40. The van der Waals surface area contributed by atoms with E-state index in [-0.39, 0.29) is 6.04 Å². The van der Waals surface area contributed by atoms with E-state index >= 15 is 0 Å². The number of benzene rings is 1. The normalized spacial score (nSPS) is 12.0. The Morgan fingerprint density at radius 1 is 1.38 bits per heavy atom. The highest BCUT2D eigenvalue weighted by Crippen LogP contribution is 2.15. The quantitative estimate of drug-likeness (QED) is 0.799. The Balaban J connectivity index is 2.69. The minimum Gasteiger partial charge on any atom is -0.363 e. The molecule has 0 spiro atoms. The summed E-state index contributed by atoms with van der Waals surface area (Å²) in [7, 11) is 0. The SMILES string of the molecule is CCNC(=S)N[C@@H](C)c1ccc(F)c(F)c1. The Morgan fingerprint density at radius 3 is 2.62 bits per heavy atom. The molecule has 88 valence electrons. The van der Waals surface area contributed by atoms with Crippen molar-refractivity contribution in [3.8, 4) is 0 Å². The molecule has 5 heteroatoms. The van der Waals surface area contributed by atoms with Gasteiger partial charge in [-0.25, -0.2) is 8.78 Å². The summed E-state index contributed by atoms with van der Waals surface area (Å²) in [5.41, 5.74) is 0.652. The molecule has 0 aliphatic rings. The monoisotopic (exact) mass is 244 g/mol. The fraction of sp³-hybridized carbons (Fsp3) is 0.364. The van der Waals surface area contributed by atoms with Crippen molar-refractivity contribution in [1.29, 1.82) is 0 Å². The number of thiocarbonyl (C=S) groups is 1. The molecule has 1 aromatic rings. The van der Waals surface area contributed by atoms with E-state index in [9.17, 15) is 8.78 Å². The smallest absolute Gasteiger partial charge is 0.166 e. The summed E-state index contributed by atoms with van der Waals surface area (Å²) in [5.74, 6) is -1.69. The van der Waals surface area contributed by atoms with Crippen molar-refractivity contribution < 1.29 is 8.78 Å². The molecule has 0 unspecified atom stereocenters. The Labute approximate surface area is 99.0 Å². The van der Waals surface area contributed by atoms with Crippen LogP contribution in [-0.4, -0.2) is 11.7 Å². The summed E-state index contributed by atoms with van der Waals surface area (Å²) in [6, 6.07) is 3.65. The third-order valence-electron chi connectivity index (χ3n) is 2.13. The van der Waals surface area contributed by atoms with Gasteiger partial charge in [-0.05, 0) is 43.8 Å². The maximum atomic E-state index is 13.0. The van der Waals surface area contributed by atoms with Crippen LogP contribution in [0, 0.1) is 11.6 Å². The maximum Gasteiger partial charge on any atom is 0.166 e. The second kappa shape index (κ2) is 5.75. The van der Waals surface area contributed by atoms with Gasteiger partial charge in [-0.15, -0.1) is 0 Å². The summed E-state index contributed by atoms with van der Waals surface area (Å²) in [6.45, 7) is 4.48. The van der Waals surface area contributed by atoms with Crippen molar-refractivity contribution in [2.75, 3.05) is 6.54 Å². The van der Waals surface area contributed by atoms with E-state index in [0.717, 1.165) is 12.6 Å². The molecule has 0 saturated carbocycles. The van der Waals surface area contributed by atoms with Crippen LogP contribution >= 0.6 is 12.2 Å². The fourth-order valence-corrected chi connectivity index (χ4v) is 1.59. The largest absolute Gasteiger partial charge is 0.363 e. The molecule has 16 heavy (non-hydrogen) atoms. The van der Waals surface area contributed by atoms with E-state index in [2.05, 4.69) is 10.6 Å².